The van der Waals surface area contributed by atoms with Gasteiger partial charge in [-0.05, 0) is 38.5 Å². The SMILES string of the molecule is CC(C)(C)NC[C@H](O)c1ccc2c(c1)C[OH+][B-](O)(O)O2. The zero-order valence-electron chi connectivity index (χ0n) is 12.0. The van der Waals surface area contributed by atoms with Crippen LogP contribution in [-0.4, -0.2) is 38.8 Å². The Hall–Kier alpha value is -1.12. The second-order valence-electron chi connectivity index (χ2n) is 6.14. The molecule has 7 heteroatoms. The van der Waals surface area contributed by atoms with Crippen LogP contribution in [0.1, 0.15) is 38.0 Å². The van der Waals surface area contributed by atoms with E-state index in [1.807, 2.05) is 20.8 Å². The van der Waals surface area contributed by atoms with Gasteiger partial charge in [-0.25, -0.2) is 0 Å². The smallest absolute Gasteiger partial charge is 0.594 e. The molecule has 0 saturated carbocycles. The lowest BCUT2D eigenvalue weighted by Crippen LogP contribution is -2.51. The summed E-state index contributed by atoms with van der Waals surface area (Å²) in [6.07, 6.45) is -0.639. The predicted molar refractivity (Wildman–Crippen MR) is 75.9 cm³/mol. The van der Waals surface area contributed by atoms with Gasteiger partial charge in [-0.15, -0.1) is 0 Å². The standard InChI is InChI=1S/C13H22BNO5/c1-13(2,3)15-7-11(16)9-4-5-12-10(6-9)8-19-14(17,18)20-12/h4-6,11,15-19H,7-8H2,1-3H3/t11-/m0/s1. The average molecular weight is 283 g/mol. The van der Waals surface area contributed by atoms with Gasteiger partial charge in [0, 0.05) is 12.1 Å². The van der Waals surface area contributed by atoms with Crippen LogP contribution in [0.3, 0.4) is 0 Å². The van der Waals surface area contributed by atoms with Crippen molar-refractivity contribution >= 4 is 6.96 Å². The summed E-state index contributed by atoms with van der Waals surface area (Å²) in [5.41, 5.74) is 1.41. The van der Waals surface area contributed by atoms with E-state index in [0.717, 1.165) is 11.1 Å². The number of hydrogen-bond acceptors (Lipinski definition) is 5. The van der Waals surface area contributed by atoms with E-state index < -0.39 is 13.1 Å². The maximum Gasteiger partial charge on any atom is 0.784 e. The van der Waals surface area contributed by atoms with Gasteiger partial charge in [0.05, 0.1) is 17.4 Å². The van der Waals surface area contributed by atoms with Crippen molar-refractivity contribution in [3.8, 4) is 5.75 Å². The lowest BCUT2D eigenvalue weighted by molar-refractivity contribution is -0.0541. The van der Waals surface area contributed by atoms with E-state index >= 15 is 0 Å². The Balaban J connectivity index is 2.08. The lowest BCUT2D eigenvalue weighted by atomic mass is 9.99. The molecule has 6 nitrogen and oxygen atoms in total. The first-order chi connectivity index (χ1) is 9.16. The number of aliphatic hydroxyl groups excluding tert-OH is 1. The van der Waals surface area contributed by atoms with E-state index in [-0.39, 0.29) is 12.1 Å². The van der Waals surface area contributed by atoms with Crippen LogP contribution in [0, 0.1) is 0 Å². The summed E-state index contributed by atoms with van der Waals surface area (Å²) >= 11 is 0. The second kappa shape index (κ2) is 5.35. The van der Waals surface area contributed by atoms with Gasteiger partial charge in [0.1, 0.15) is 6.61 Å². The van der Waals surface area contributed by atoms with Crippen LogP contribution in [-0.2, 0) is 6.61 Å². The Morgan fingerprint density at radius 1 is 1.40 bits per heavy atom. The highest BCUT2D eigenvalue weighted by Gasteiger charge is 2.40. The highest BCUT2D eigenvalue weighted by atomic mass is 16.8. The Bertz CT molecular complexity index is 486. The number of rotatable bonds is 3. The molecule has 20 heavy (non-hydrogen) atoms. The molecule has 112 valence electrons. The number of benzene rings is 1. The van der Waals surface area contributed by atoms with Crippen LogP contribution >= 0.6 is 0 Å². The van der Waals surface area contributed by atoms with E-state index in [9.17, 15) is 15.2 Å². The number of nitrogens with one attached hydrogen (secondary N) is 1. The third-order valence-electron chi connectivity index (χ3n) is 3.08. The van der Waals surface area contributed by atoms with Gasteiger partial charge in [-0.2, -0.15) is 0 Å². The van der Waals surface area contributed by atoms with Crippen molar-refractivity contribution in [1.29, 1.82) is 0 Å². The van der Waals surface area contributed by atoms with Crippen molar-refractivity contribution in [3.05, 3.63) is 29.3 Å². The van der Waals surface area contributed by atoms with Crippen molar-refractivity contribution in [2.75, 3.05) is 6.54 Å². The normalized spacial score (nSPS) is 19.1. The summed E-state index contributed by atoms with van der Waals surface area (Å²) in [6, 6.07) is 5.12. The number of β-amino-alcohol motifs (C(OH)–C–C–N with tert-alkyl or cyclic N) is 1. The molecule has 5 N–H and O–H groups in total. The summed E-state index contributed by atoms with van der Waals surface area (Å²) in [6.45, 7) is 3.60. The van der Waals surface area contributed by atoms with Crippen molar-refractivity contribution in [3.63, 3.8) is 0 Å². The molecule has 0 saturated heterocycles. The molecule has 1 atom stereocenters. The summed E-state index contributed by atoms with van der Waals surface area (Å²) in [5, 5.41) is 32.1. The van der Waals surface area contributed by atoms with Crippen LogP contribution in [0.5, 0.6) is 5.75 Å². The molecule has 2 rings (SSSR count). The third-order valence-corrected chi connectivity index (χ3v) is 3.08. The van der Waals surface area contributed by atoms with Crippen molar-refractivity contribution in [1.82, 2.24) is 5.32 Å². The van der Waals surface area contributed by atoms with Gasteiger partial charge in [-0.1, -0.05) is 6.07 Å². The van der Waals surface area contributed by atoms with Gasteiger partial charge >= 0.3 is 6.96 Å². The Kier molecular flexibility index (Phi) is 4.08. The number of fused-ring (bicyclic) bond motifs is 1. The molecule has 0 aromatic heterocycles. The van der Waals surface area contributed by atoms with E-state index in [0.29, 0.717) is 12.3 Å². The highest BCUT2D eigenvalue weighted by Crippen LogP contribution is 2.28. The summed E-state index contributed by atoms with van der Waals surface area (Å²) in [5.74, 6) is 0.393. The molecule has 0 radical (unpaired) electrons. The molecular formula is C13H22BNO5. The first-order valence-corrected chi connectivity index (χ1v) is 6.68. The van der Waals surface area contributed by atoms with Gasteiger partial charge in [0.2, 0.25) is 0 Å². The lowest BCUT2D eigenvalue weighted by Gasteiger charge is -2.31. The fourth-order valence-electron chi connectivity index (χ4n) is 1.99. The molecule has 1 aromatic carbocycles. The Labute approximate surface area is 118 Å². The maximum absolute atomic E-state index is 10.2. The van der Waals surface area contributed by atoms with E-state index in [1.54, 1.807) is 18.2 Å². The molecule has 0 fully saturated rings. The minimum Gasteiger partial charge on any atom is -0.594 e. The summed E-state index contributed by atoms with van der Waals surface area (Å²) in [4.78, 5) is 0. The van der Waals surface area contributed by atoms with Crippen LogP contribution in [0.15, 0.2) is 18.2 Å². The summed E-state index contributed by atoms with van der Waals surface area (Å²) in [7, 11) is 0. The van der Waals surface area contributed by atoms with Crippen molar-refractivity contribution in [2.24, 2.45) is 0 Å². The number of hydrogen-bond donors (Lipinski definition) is 4. The van der Waals surface area contributed by atoms with Crippen molar-refractivity contribution in [2.45, 2.75) is 39.0 Å². The predicted octanol–water partition coefficient (Wildman–Crippen LogP) is -0.0513. The third kappa shape index (κ3) is 3.94. The highest BCUT2D eigenvalue weighted by molar-refractivity contribution is 6.50. The van der Waals surface area contributed by atoms with Gasteiger partial charge in [0.25, 0.3) is 0 Å². The zero-order valence-corrected chi connectivity index (χ0v) is 12.0. The zero-order chi connectivity index (χ0) is 15.0. The van der Waals surface area contributed by atoms with E-state index in [1.165, 1.54) is 0 Å². The molecule has 1 aliphatic heterocycles. The molecule has 1 aliphatic rings. The monoisotopic (exact) mass is 283 g/mol. The van der Waals surface area contributed by atoms with Crippen LogP contribution in [0.25, 0.3) is 0 Å². The van der Waals surface area contributed by atoms with Crippen LogP contribution in [0.2, 0.25) is 0 Å². The number of aliphatic hydroxyl groups is 2. The molecule has 1 heterocycles. The van der Waals surface area contributed by atoms with Gasteiger partial charge < -0.3 is 29.8 Å². The minimum atomic E-state index is -3.10. The Morgan fingerprint density at radius 2 is 2.10 bits per heavy atom. The van der Waals surface area contributed by atoms with E-state index in [2.05, 4.69) is 9.97 Å². The molecule has 0 aliphatic carbocycles. The Morgan fingerprint density at radius 3 is 2.75 bits per heavy atom. The molecule has 0 amide bonds. The summed E-state index contributed by atoms with van der Waals surface area (Å²) < 4.78 is 8.62. The largest absolute Gasteiger partial charge is 0.784 e. The minimum absolute atomic E-state index is 0.0659. The van der Waals surface area contributed by atoms with Gasteiger partial charge in [-0.3, -0.25) is 0 Å². The fourth-order valence-corrected chi connectivity index (χ4v) is 1.99. The first kappa shape index (κ1) is 15.3. The maximum atomic E-state index is 10.2. The quantitative estimate of drug-likeness (QED) is 0.461. The molecule has 1 aromatic rings. The van der Waals surface area contributed by atoms with Crippen molar-refractivity contribution < 1.29 is 24.5 Å². The average Bonchev–Trinajstić information content (AvgIpc) is 2.33. The fraction of sp³-hybridized carbons (Fsp3) is 0.538. The second-order valence-corrected chi connectivity index (χ2v) is 6.14. The molecular weight excluding hydrogens is 261 g/mol. The van der Waals surface area contributed by atoms with Crippen LogP contribution in [0.4, 0.5) is 0 Å². The molecule has 0 unspecified atom stereocenters. The molecule has 0 spiro atoms. The van der Waals surface area contributed by atoms with Gasteiger partial charge in [0.15, 0.2) is 0 Å². The topological polar surface area (TPSA) is 94.8 Å². The first-order valence-electron chi connectivity index (χ1n) is 6.68. The van der Waals surface area contributed by atoms with Crippen LogP contribution < -0.4 is 9.97 Å². The molecule has 0 bridgehead atoms. The van der Waals surface area contributed by atoms with E-state index in [4.69, 9.17) is 4.65 Å².